The van der Waals surface area contributed by atoms with Crippen LogP contribution in [0.1, 0.15) is 13.8 Å². The molecule has 6 heteroatoms. The van der Waals surface area contributed by atoms with Crippen molar-refractivity contribution in [2.24, 2.45) is 0 Å². The number of likely N-dealkylation sites (N-methyl/N-ethyl adjacent to an activating group) is 1. The summed E-state index contributed by atoms with van der Waals surface area (Å²) >= 11 is 0. The number of rotatable bonds is 5. The molecule has 2 atom stereocenters. The first-order valence-corrected chi connectivity index (χ1v) is 4.22. The van der Waals surface area contributed by atoms with Gasteiger partial charge in [0.05, 0.1) is 12.6 Å². The number of aliphatic hydroxyl groups is 1. The van der Waals surface area contributed by atoms with E-state index in [1.807, 2.05) is 0 Å². The van der Waals surface area contributed by atoms with Gasteiger partial charge in [0.15, 0.2) is 5.60 Å². The highest BCUT2D eigenvalue weighted by molar-refractivity contribution is 5.83. The molecular weight excluding hydrogens is 188 g/mol. The van der Waals surface area contributed by atoms with Gasteiger partial charge in [-0.25, -0.2) is 4.79 Å². The lowest BCUT2D eigenvalue weighted by Crippen LogP contribution is -2.50. The summed E-state index contributed by atoms with van der Waals surface area (Å²) in [7, 11) is 1.61. The molecule has 0 aliphatic rings. The standard InChI is InChI=1S/C8H16N2O4/c1-5(9-3)6(11)10-4-8(2,14)7(12)13/h5,9,14H,4H2,1-3H3,(H,10,11)(H,12,13). The Kier molecular flexibility index (Phi) is 4.52. The Morgan fingerprint density at radius 2 is 2.00 bits per heavy atom. The van der Waals surface area contributed by atoms with Gasteiger partial charge in [0.25, 0.3) is 0 Å². The molecule has 0 fully saturated rings. The van der Waals surface area contributed by atoms with E-state index in [2.05, 4.69) is 10.6 Å². The van der Waals surface area contributed by atoms with Crippen LogP contribution >= 0.6 is 0 Å². The van der Waals surface area contributed by atoms with Gasteiger partial charge in [-0.2, -0.15) is 0 Å². The predicted octanol–water partition coefficient (Wildman–Crippen LogP) is -1.45. The fourth-order valence-electron chi connectivity index (χ4n) is 0.619. The van der Waals surface area contributed by atoms with Crippen molar-refractivity contribution in [2.45, 2.75) is 25.5 Å². The molecule has 0 aliphatic carbocycles. The van der Waals surface area contributed by atoms with Gasteiger partial charge in [0.2, 0.25) is 5.91 Å². The quantitative estimate of drug-likeness (QED) is 0.439. The van der Waals surface area contributed by atoms with Crippen LogP contribution in [-0.4, -0.2) is 47.3 Å². The Balaban J connectivity index is 4.06. The third kappa shape index (κ3) is 3.71. The van der Waals surface area contributed by atoms with Crippen molar-refractivity contribution in [3.63, 3.8) is 0 Å². The van der Waals surface area contributed by atoms with Crippen molar-refractivity contribution in [1.29, 1.82) is 0 Å². The largest absolute Gasteiger partial charge is 0.479 e. The van der Waals surface area contributed by atoms with Crippen LogP contribution in [0.4, 0.5) is 0 Å². The molecule has 6 nitrogen and oxygen atoms in total. The summed E-state index contributed by atoms with van der Waals surface area (Å²) in [5.74, 6) is -1.72. The predicted molar refractivity (Wildman–Crippen MR) is 49.8 cm³/mol. The molecule has 0 aromatic rings. The Hall–Kier alpha value is -1.14. The molecule has 0 spiro atoms. The SMILES string of the molecule is CNC(C)C(=O)NCC(C)(O)C(=O)O. The zero-order chi connectivity index (χ0) is 11.4. The van der Waals surface area contributed by atoms with Crippen LogP contribution in [0.15, 0.2) is 0 Å². The molecule has 0 rings (SSSR count). The zero-order valence-electron chi connectivity index (χ0n) is 8.50. The van der Waals surface area contributed by atoms with Gasteiger partial charge in [0.1, 0.15) is 0 Å². The number of amides is 1. The lowest BCUT2D eigenvalue weighted by Gasteiger charge is -2.19. The number of nitrogens with one attached hydrogen (secondary N) is 2. The second-order valence-electron chi connectivity index (χ2n) is 3.31. The lowest BCUT2D eigenvalue weighted by molar-refractivity contribution is -0.156. The zero-order valence-corrected chi connectivity index (χ0v) is 8.50. The highest BCUT2D eigenvalue weighted by Crippen LogP contribution is 2.00. The highest BCUT2D eigenvalue weighted by atomic mass is 16.4. The van der Waals surface area contributed by atoms with Crippen molar-refractivity contribution < 1.29 is 19.8 Å². The second-order valence-corrected chi connectivity index (χ2v) is 3.31. The first-order valence-electron chi connectivity index (χ1n) is 4.22. The lowest BCUT2D eigenvalue weighted by atomic mass is 10.1. The van der Waals surface area contributed by atoms with Crippen molar-refractivity contribution in [3.05, 3.63) is 0 Å². The third-order valence-corrected chi connectivity index (χ3v) is 1.89. The third-order valence-electron chi connectivity index (χ3n) is 1.89. The van der Waals surface area contributed by atoms with Gasteiger partial charge < -0.3 is 20.8 Å². The number of aliphatic carboxylic acids is 1. The highest BCUT2D eigenvalue weighted by Gasteiger charge is 2.30. The summed E-state index contributed by atoms with van der Waals surface area (Å²) in [5.41, 5.74) is -1.93. The number of hydrogen-bond acceptors (Lipinski definition) is 4. The fraction of sp³-hybridized carbons (Fsp3) is 0.750. The number of carboxylic acid groups (broad SMARTS) is 1. The molecule has 14 heavy (non-hydrogen) atoms. The number of carbonyl (C=O) groups is 2. The van der Waals surface area contributed by atoms with Crippen LogP contribution < -0.4 is 10.6 Å². The fourth-order valence-corrected chi connectivity index (χ4v) is 0.619. The van der Waals surface area contributed by atoms with Crippen LogP contribution in [0.5, 0.6) is 0 Å². The van der Waals surface area contributed by atoms with Crippen LogP contribution in [-0.2, 0) is 9.59 Å². The van der Waals surface area contributed by atoms with E-state index in [-0.39, 0.29) is 12.5 Å². The van der Waals surface area contributed by atoms with E-state index in [1.54, 1.807) is 14.0 Å². The van der Waals surface area contributed by atoms with E-state index in [0.29, 0.717) is 0 Å². The monoisotopic (exact) mass is 204 g/mol. The first-order chi connectivity index (χ1) is 6.31. The molecule has 0 aromatic carbocycles. The van der Waals surface area contributed by atoms with Crippen LogP contribution in [0, 0.1) is 0 Å². The molecule has 0 saturated carbocycles. The molecule has 0 bridgehead atoms. The Bertz CT molecular complexity index is 227. The topological polar surface area (TPSA) is 98.7 Å². The van der Waals surface area contributed by atoms with E-state index in [9.17, 15) is 14.7 Å². The minimum atomic E-state index is -1.93. The average Bonchev–Trinajstić information content (AvgIpc) is 2.12. The summed E-state index contributed by atoms with van der Waals surface area (Å²) in [5, 5.41) is 22.8. The summed E-state index contributed by atoms with van der Waals surface area (Å²) < 4.78 is 0. The van der Waals surface area contributed by atoms with Crippen LogP contribution in [0.2, 0.25) is 0 Å². The maximum Gasteiger partial charge on any atom is 0.337 e. The molecular formula is C8H16N2O4. The van der Waals surface area contributed by atoms with E-state index in [1.165, 1.54) is 0 Å². The Morgan fingerprint density at radius 1 is 1.50 bits per heavy atom. The smallest absolute Gasteiger partial charge is 0.337 e. The summed E-state index contributed by atoms with van der Waals surface area (Å²) in [6.45, 7) is 2.44. The van der Waals surface area contributed by atoms with E-state index in [0.717, 1.165) is 6.92 Å². The molecule has 82 valence electrons. The van der Waals surface area contributed by atoms with Crippen molar-refractivity contribution >= 4 is 11.9 Å². The van der Waals surface area contributed by atoms with Crippen LogP contribution in [0.3, 0.4) is 0 Å². The molecule has 0 aliphatic heterocycles. The average molecular weight is 204 g/mol. The molecule has 0 heterocycles. The van der Waals surface area contributed by atoms with Crippen molar-refractivity contribution in [2.75, 3.05) is 13.6 Å². The maximum absolute atomic E-state index is 11.2. The molecule has 0 aromatic heterocycles. The Morgan fingerprint density at radius 3 is 2.36 bits per heavy atom. The van der Waals surface area contributed by atoms with Gasteiger partial charge in [0, 0.05) is 0 Å². The first kappa shape index (κ1) is 12.9. The molecule has 2 unspecified atom stereocenters. The number of carboxylic acids is 1. The summed E-state index contributed by atoms with van der Waals surface area (Å²) in [6, 6.07) is -0.417. The number of carbonyl (C=O) groups excluding carboxylic acids is 1. The van der Waals surface area contributed by atoms with E-state index < -0.39 is 17.6 Å². The van der Waals surface area contributed by atoms with Gasteiger partial charge in [-0.05, 0) is 20.9 Å². The van der Waals surface area contributed by atoms with Crippen molar-refractivity contribution in [1.82, 2.24) is 10.6 Å². The van der Waals surface area contributed by atoms with E-state index >= 15 is 0 Å². The molecule has 0 radical (unpaired) electrons. The van der Waals surface area contributed by atoms with Gasteiger partial charge >= 0.3 is 5.97 Å². The minimum absolute atomic E-state index is 0.312. The normalized spacial score (nSPS) is 16.9. The van der Waals surface area contributed by atoms with Gasteiger partial charge in [-0.1, -0.05) is 0 Å². The molecule has 4 N–H and O–H groups in total. The molecule has 0 saturated heterocycles. The van der Waals surface area contributed by atoms with E-state index in [4.69, 9.17) is 5.11 Å². The van der Waals surface area contributed by atoms with Crippen LogP contribution in [0.25, 0.3) is 0 Å². The van der Waals surface area contributed by atoms with Gasteiger partial charge in [-0.3, -0.25) is 4.79 Å². The number of hydrogen-bond donors (Lipinski definition) is 4. The molecule has 1 amide bonds. The second kappa shape index (κ2) is 4.92. The van der Waals surface area contributed by atoms with Gasteiger partial charge in [-0.15, -0.1) is 0 Å². The van der Waals surface area contributed by atoms with Crippen molar-refractivity contribution in [3.8, 4) is 0 Å². The minimum Gasteiger partial charge on any atom is -0.479 e. The Labute approximate surface area is 82.3 Å². The summed E-state index contributed by atoms with van der Waals surface area (Å²) in [4.78, 5) is 21.6. The maximum atomic E-state index is 11.2. The summed E-state index contributed by atoms with van der Waals surface area (Å²) in [6.07, 6.45) is 0.